The molecule has 1 fully saturated rings. The lowest BCUT2D eigenvalue weighted by Gasteiger charge is -2.07. The van der Waals surface area contributed by atoms with E-state index in [1.54, 1.807) is 0 Å². The van der Waals surface area contributed by atoms with Crippen molar-refractivity contribution in [3.05, 3.63) is 0 Å². The number of hydrogen-bond donors (Lipinski definition) is 0. The summed E-state index contributed by atoms with van der Waals surface area (Å²) in [5.74, 6) is 1.20. The summed E-state index contributed by atoms with van der Waals surface area (Å²) in [6.45, 7) is 2.06. The molecule has 2 atom stereocenters. The second-order valence-electron chi connectivity index (χ2n) is 3.29. The number of alkyl halides is 1. The minimum absolute atomic E-state index is 0.398. The van der Waals surface area contributed by atoms with Crippen LogP contribution in [0.5, 0.6) is 0 Å². The van der Waals surface area contributed by atoms with Crippen molar-refractivity contribution in [3.63, 3.8) is 0 Å². The largest absolute Gasteiger partial charge is 0.229 e. The third kappa shape index (κ3) is 3.11. The predicted octanol–water partition coefficient (Wildman–Crippen LogP) is 1.59. The van der Waals surface area contributed by atoms with Crippen LogP contribution in [0.2, 0.25) is 0 Å². The molecule has 0 aliphatic carbocycles. The lowest BCUT2D eigenvalue weighted by atomic mass is 10.0. The number of halogens is 1. The monoisotopic (exact) mass is 240 g/mol. The predicted molar refractivity (Wildman–Crippen MR) is 49.8 cm³/mol. The molecule has 1 rings (SSSR count). The van der Waals surface area contributed by atoms with E-state index in [2.05, 4.69) is 22.9 Å². The molecule has 11 heavy (non-hydrogen) atoms. The molecule has 2 nitrogen and oxygen atoms in total. The summed E-state index contributed by atoms with van der Waals surface area (Å²) in [4.78, 5) is 0.445. The summed E-state index contributed by atoms with van der Waals surface area (Å²) in [6.07, 6.45) is 1.84. The maximum atomic E-state index is 11.0. The van der Waals surface area contributed by atoms with Crippen LogP contribution in [0.1, 0.15) is 19.8 Å². The fourth-order valence-corrected chi connectivity index (χ4v) is 3.93. The van der Waals surface area contributed by atoms with Gasteiger partial charge in [-0.3, -0.25) is 0 Å². The first-order valence-corrected chi connectivity index (χ1v) is 6.58. The van der Waals surface area contributed by atoms with Crippen molar-refractivity contribution >= 4 is 25.8 Å². The maximum Gasteiger partial charge on any atom is 0.150 e. The molecule has 0 amide bonds. The Kier molecular flexibility index (Phi) is 2.97. The third-order valence-corrected chi connectivity index (χ3v) is 4.20. The fourth-order valence-electron chi connectivity index (χ4n) is 1.52. The van der Waals surface area contributed by atoms with E-state index in [9.17, 15) is 8.42 Å². The summed E-state index contributed by atoms with van der Waals surface area (Å²) in [6, 6.07) is 0. The van der Waals surface area contributed by atoms with Gasteiger partial charge in [0.05, 0.1) is 11.5 Å². The quantitative estimate of drug-likeness (QED) is 0.688. The van der Waals surface area contributed by atoms with Gasteiger partial charge in [0.25, 0.3) is 0 Å². The van der Waals surface area contributed by atoms with Gasteiger partial charge >= 0.3 is 0 Å². The van der Waals surface area contributed by atoms with Crippen molar-refractivity contribution in [1.82, 2.24) is 0 Å². The van der Waals surface area contributed by atoms with Crippen molar-refractivity contribution in [2.45, 2.75) is 24.6 Å². The highest BCUT2D eigenvalue weighted by molar-refractivity contribution is 9.09. The van der Waals surface area contributed by atoms with E-state index < -0.39 is 9.84 Å². The highest BCUT2D eigenvalue weighted by atomic mass is 79.9. The van der Waals surface area contributed by atoms with Crippen LogP contribution in [-0.2, 0) is 9.84 Å². The zero-order chi connectivity index (χ0) is 8.48. The first kappa shape index (κ1) is 9.52. The van der Waals surface area contributed by atoms with Gasteiger partial charge in [-0.1, -0.05) is 22.9 Å². The van der Waals surface area contributed by atoms with E-state index in [4.69, 9.17) is 0 Å². The lowest BCUT2D eigenvalue weighted by Crippen LogP contribution is -2.08. The van der Waals surface area contributed by atoms with Gasteiger partial charge in [0.2, 0.25) is 0 Å². The van der Waals surface area contributed by atoms with Gasteiger partial charge in [0.15, 0.2) is 9.84 Å². The molecule has 2 unspecified atom stereocenters. The SMILES string of the molecule is CC(Br)CC1CCS(=O)(=O)C1. The van der Waals surface area contributed by atoms with E-state index in [1.165, 1.54) is 0 Å². The first-order chi connectivity index (χ1) is 4.99. The van der Waals surface area contributed by atoms with E-state index in [0.29, 0.717) is 22.3 Å². The fraction of sp³-hybridized carbons (Fsp3) is 1.00. The smallest absolute Gasteiger partial charge is 0.150 e. The van der Waals surface area contributed by atoms with E-state index in [1.807, 2.05) is 0 Å². The normalized spacial score (nSPS) is 32.0. The third-order valence-electron chi connectivity index (χ3n) is 1.98. The van der Waals surface area contributed by atoms with E-state index in [-0.39, 0.29) is 0 Å². The molecular formula is C7H13BrO2S. The number of sulfone groups is 1. The Morgan fingerprint density at radius 2 is 2.27 bits per heavy atom. The molecular weight excluding hydrogens is 228 g/mol. The topological polar surface area (TPSA) is 34.1 Å². The maximum absolute atomic E-state index is 11.0. The summed E-state index contributed by atoms with van der Waals surface area (Å²) < 4.78 is 22.0. The molecule has 4 heteroatoms. The van der Waals surface area contributed by atoms with Crippen LogP contribution in [0.25, 0.3) is 0 Å². The Labute approximate surface area is 76.4 Å². The second kappa shape index (κ2) is 3.44. The summed E-state index contributed by atoms with van der Waals surface area (Å²) >= 11 is 3.43. The summed E-state index contributed by atoms with van der Waals surface area (Å²) in [5, 5.41) is 0. The van der Waals surface area contributed by atoms with Crippen LogP contribution in [-0.4, -0.2) is 24.8 Å². The molecule has 0 aromatic heterocycles. The van der Waals surface area contributed by atoms with Gasteiger partial charge in [0, 0.05) is 4.83 Å². The minimum Gasteiger partial charge on any atom is -0.229 e. The van der Waals surface area contributed by atoms with Crippen LogP contribution in [0.4, 0.5) is 0 Å². The Bertz CT molecular complexity index is 221. The Morgan fingerprint density at radius 1 is 1.64 bits per heavy atom. The van der Waals surface area contributed by atoms with Crippen molar-refractivity contribution in [2.24, 2.45) is 5.92 Å². The molecule has 1 saturated heterocycles. The van der Waals surface area contributed by atoms with Crippen molar-refractivity contribution in [1.29, 1.82) is 0 Å². The number of rotatable bonds is 2. The highest BCUT2D eigenvalue weighted by Gasteiger charge is 2.28. The molecule has 1 heterocycles. The van der Waals surface area contributed by atoms with Gasteiger partial charge in [-0.15, -0.1) is 0 Å². The Morgan fingerprint density at radius 3 is 2.64 bits per heavy atom. The Hall–Kier alpha value is 0.430. The molecule has 0 N–H and O–H groups in total. The Balaban J connectivity index is 2.43. The van der Waals surface area contributed by atoms with Gasteiger partial charge in [-0.2, -0.15) is 0 Å². The van der Waals surface area contributed by atoms with Gasteiger partial charge in [0.1, 0.15) is 0 Å². The standard InChI is InChI=1S/C7H13BrO2S/c1-6(8)4-7-2-3-11(9,10)5-7/h6-7H,2-5H2,1H3. The second-order valence-corrected chi connectivity index (χ2v) is 7.08. The molecule has 1 aliphatic rings. The minimum atomic E-state index is -2.66. The van der Waals surface area contributed by atoms with Crippen molar-refractivity contribution < 1.29 is 8.42 Å². The zero-order valence-electron chi connectivity index (χ0n) is 6.59. The number of hydrogen-bond acceptors (Lipinski definition) is 2. The van der Waals surface area contributed by atoms with Crippen molar-refractivity contribution in [3.8, 4) is 0 Å². The van der Waals surface area contributed by atoms with Crippen molar-refractivity contribution in [2.75, 3.05) is 11.5 Å². The zero-order valence-corrected chi connectivity index (χ0v) is 8.99. The molecule has 0 aromatic carbocycles. The van der Waals surface area contributed by atoms with Crippen LogP contribution in [0.15, 0.2) is 0 Å². The average Bonchev–Trinajstić information content (AvgIpc) is 2.08. The lowest BCUT2D eigenvalue weighted by molar-refractivity contribution is 0.544. The molecule has 0 spiro atoms. The van der Waals surface area contributed by atoms with Gasteiger partial charge in [-0.25, -0.2) is 8.42 Å². The molecule has 0 aromatic rings. The average molecular weight is 241 g/mol. The van der Waals surface area contributed by atoms with Gasteiger partial charge in [-0.05, 0) is 18.8 Å². The molecule has 1 aliphatic heterocycles. The van der Waals surface area contributed by atoms with Crippen LogP contribution in [0.3, 0.4) is 0 Å². The van der Waals surface area contributed by atoms with Gasteiger partial charge < -0.3 is 0 Å². The molecule has 0 saturated carbocycles. The van der Waals surface area contributed by atoms with E-state index in [0.717, 1.165) is 12.8 Å². The van der Waals surface area contributed by atoms with E-state index >= 15 is 0 Å². The molecule has 66 valence electrons. The van der Waals surface area contributed by atoms with Crippen LogP contribution >= 0.6 is 15.9 Å². The summed E-state index contributed by atoms with van der Waals surface area (Å²) in [7, 11) is -2.66. The first-order valence-electron chi connectivity index (χ1n) is 3.84. The molecule has 0 bridgehead atoms. The van der Waals surface area contributed by atoms with Crippen LogP contribution in [0, 0.1) is 5.92 Å². The molecule has 0 radical (unpaired) electrons. The highest BCUT2D eigenvalue weighted by Crippen LogP contribution is 2.24. The van der Waals surface area contributed by atoms with Crippen LogP contribution < -0.4 is 0 Å². The summed E-state index contributed by atoms with van der Waals surface area (Å²) in [5.41, 5.74) is 0.